The molecule has 2 aromatic rings. The minimum Gasteiger partial charge on any atom is -0.397 e. The molecule has 112 valence electrons. The summed E-state index contributed by atoms with van der Waals surface area (Å²) < 4.78 is 25.0. The van der Waals surface area contributed by atoms with Gasteiger partial charge in [-0.15, -0.1) is 5.10 Å². The van der Waals surface area contributed by atoms with Crippen molar-refractivity contribution in [1.82, 2.24) is 14.8 Å². The number of H-pyrrole nitrogens is 1. The lowest BCUT2D eigenvalue weighted by atomic mass is 10.3. The van der Waals surface area contributed by atoms with E-state index in [1.54, 1.807) is 16.7 Å². The Kier molecular flexibility index (Phi) is 3.33. The molecule has 0 atom stereocenters. The Hall–Kier alpha value is -1.74. The summed E-state index contributed by atoms with van der Waals surface area (Å²) in [6.45, 7) is 0. The van der Waals surface area contributed by atoms with Crippen LogP contribution in [0.5, 0.6) is 0 Å². The molecule has 0 radical (unpaired) electrons. The first-order valence-electron chi connectivity index (χ1n) is 6.31. The van der Waals surface area contributed by atoms with Gasteiger partial charge in [0.25, 0.3) is 0 Å². The second-order valence-electron chi connectivity index (χ2n) is 4.95. The van der Waals surface area contributed by atoms with Crippen LogP contribution in [0.15, 0.2) is 37.9 Å². The number of sulfone groups is 1. The number of rotatable bonds is 4. The lowest BCUT2D eigenvalue weighted by Gasteiger charge is -2.09. The standard InChI is InChI=1S/C12H14N4O3S2/c1-21(18,19)9-4-2-3-8(10(9)13)20-12-15-14-11(17)16(12)7-5-6-7/h2-4,7H,5-6,13H2,1H3,(H,14,17). The van der Waals surface area contributed by atoms with Crippen LogP contribution in [-0.4, -0.2) is 29.4 Å². The monoisotopic (exact) mass is 326 g/mol. The highest BCUT2D eigenvalue weighted by molar-refractivity contribution is 7.99. The van der Waals surface area contributed by atoms with Crippen molar-refractivity contribution in [2.24, 2.45) is 0 Å². The molecule has 0 bridgehead atoms. The van der Waals surface area contributed by atoms with E-state index in [9.17, 15) is 13.2 Å². The zero-order valence-electron chi connectivity index (χ0n) is 11.2. The van der Waals surface area contributed by atoms with Crippen LogP contribution in [0, 0.1) is 0 Å². The van der Waals surface area contributed by atoms with Gasteiger partial charge in [-0.05, 0) is 36.7 Å². The van der Waals surface area contributed by atoms with E-state index in [0.717, 1.165) is 19.1 Å². The number of para-hydroxylation sites is 1. The topological polar surface area (TPSA) is 111 Å². The number of aromatic amines is 1. The van der Waals surface area contributed by atoms with Gasteiger partial charge in [-0.2, -0.15) is 0 Å². The van der Waals surface area contributed by atoms with Crippen LogP contribution in [0.1, 0.15) is 18.9 Å². The molecule has 3 rings (SSSR count). The third-order valence-electron chi connectivity index (χ3n) is 3.21. The smallest absolute Gasteiger partial charge is 0.344 e. The van der Waals surface area contributed by atoms with Gasteiger partial charge in [0, 0.05) is 17.2 Å². The fraction of sp³-hybridized carbons (Fsp3) is 0.333. The molecule has 0 saturated heterocycles. The Balaban J connectivity index is 2.02. The first-order chi connectivity index (χ1) is 9.88. The fourth-order valence-corrected chi connectivity index (χ4v) is 3.94. The highest BCUT2D eigenvalue weighted by Crippen LogP contribution is 2.39. The molecule has 0 amide bonds. The lowest BCUT2D eigenvalue weighted by molar-refractivity contribution is 0.602. The van der Waals surface area contributed by atoms with Gasteiger partial charge in [0.1, 0.15) is 0 Å². The number of nitrogens with zero attached hydrogens (tertiary/aromatic N) is 2. The summed E-state index contributed by atoms with van der Waals surface area (Å²) >= 11 is 1.19. The molecule has 0 spiro atoms. The molecule has 1 saturated carbocycles. The maximum atomic E-state index is 11.7. The molecule has 0 aliphatic heterocycles. The van der Waals surface area contributed by atoms with Crippen LogP contribution in [0.3, 0.4) is 0 Å². The largest absolute Gasteiger partial charge is 0.397 e. The van der Waals surface area contributed by atoms with Crippen molar-refractivity contribution < 1.29 is 8.42 Å². The highest BCUT2D eigenvalue weighted by Gasteiger charge is 2.29. The van der Waals surface area contributed by atoms with Crippen LogP contribution in [-0.2, 0) is 9.84 Å². The van der Waals surface area contributed by atoms with Crippen LogP contribution < -0.4 is 11.4 Å². The summed E-state index contributed by atoms with van der Waals surface area (Å²) in [5.74, 6) is 0. The predicted octanol–water partition coefficient (Wildman–Crippen LogP) is 1.04. The molecule has 1 aliphatic carbocycles. The quantitative estimate of drug-likeness (QED) is 0.812. The minimum absolute atomic E-state index is 0.0864. The molecule has 1 aromatic carbocycles. The average molecular weight is 326 g/mol. The van der Waals surface area contributed by atoms with Crippen molar-refractivity contribution in [3.63, 3.8) is 0 Å². The molecule has 21 heavy (non-hydrogen) atoms. The number of hydrogen-bond acceptors (Lipinski definition) is 6. The van der Waals surface area contributed by atoms with Gasteiger partial charge < -0.3 is 5.73 Å². The number of benzene rings is 1. The maximum Gasteiger partial charge on any atom is 0.344 e. The summed E-state index contributed by atoms with van der Waals surface area (Å²) in [4.78, 5) is 12.4. The van der Waals surface area contributed by atoms with Crippen LogP contribution in [0.2, 0.25) is 0 Å². The van der Waals surface area contributed by atoms with Gasteiger partial charge in [0.05, 0.1) is 10.6 Å². The van der Waals surface area contributed by atoms with E-state index in [2.05, 4.69) is 10.2 Å². The average Bonchev–Trinajstić information content (AvgIpc) is 3.16. The van der Waals surface area contributed by atoms with Crippen LogP contribution in [0.25, 0.3) is 0 Å². The third kappa shape index (κ3) is 2.70. The predicted molar refractivity (Wildman–Crippen MR) is 79.2 cm³/mol. The summed E-state index contributed by atoms with van der Waals surface area (Å²) in [5, 5.41) is 6.91. The first-order valence-corrected chi connectivity index (χ1v) is 9.02. The summed E-state index contributed by atoms with van der Waals surface area (Å²) in [7, 11) is -3.39. The Morgan fingerprint density at radius 2 is 2.14 bits per heavy atom. The number of nitrogen functional groups attached to an aromatic ring is 1. The Morgan fingerprint density at radius 3 is 2.76 bits per heavy atom. The molecule has 1 aromatic heterocycles. The zero-order chi connectivity index (χ0) is 15.2. The van der Waals surface area contributed by atoms with Crippen molar-refractivity contribution in [1.29, 1.82) is 0 Å². The third-order valence-corrected chi connectivity index (χ3v) is 5.41. The summed E-state index contributed by atoms with van der Waals surface area (Å²) in [6.07, 6.45) is 3.01. The minimum atomic E-state index is -3.39. The molecular formula is C12H14N4O3S2. The Morgan fingerprint density at radius 1 is 1.43 bits per heavy atom. The number of anilines is 1. The molecular weight excluding hydrogens is 312 g/mol. The van der Waals surface area contributed by atoms with Gasteiger partial charge in [-0.25, -0.2) is 18.3 Å². The molecule has 1 aliphatic rings. The van der Waals surface area contributed by atoms with Gasteiger partial charge in [-0.1, -0.05) is 6.07 Å². The number of nitrogens with two attached hydrogens (primary N) is 1. The van der Waals surface area contributed by atoms with E-state index < -0.39 is 9.84 Å². The van der Waals surface area contributed by atoms with Crippen molar-refractivity contribution in [3.05, 3.63) is 28.7 Å². The van der Waals surface area contributed by atoms with E-state index in [-0.39, 0.29) is 22.3 Å². The fourth-order valence-electron chi connectivity index (χ4n) is 2.05. The molecule has 1 heterocycles. The summed E-state index contributed by atoms with van der Waals surface area (Å²) in [5.41, 5.74) is 5.87. The van der Waals surface area contributed by atoms with Crippen LogP contribution in [0.4, 0.5) is 5.69 Å². The Labute approximate surface area is 125 Å². The Bertz CT molecular complexity index is 850. The van der Waals surface area contributed by atoms with E-state index in [1.807, 2.05) is 0 Å². The van der Waals surface area contributed by atoms with Crippen molar-refractivity contribution in [3.8, 4) is 0 Å². The first kappa shape index (κ1) is 14.2. The molecule has 7 nitrogen and oxygen atoms in total. The van der Waals surface area contributed by atoms with Gasteiger partial charge in [-0.3, -0.25) is 4.57 Å². The molecule has 9 heteroatoms. The van der Waals surface area contributed by atoms with Gasteiger partial charge >= 0.3 is 5.69 Å². The van der Waals surface area contributed by atoms with Gasteiger partial charge in [0.2, 0.25) is 0 Å². The van der Waals surface area contributed by atoms with Crippen molar-refractivity contribution in [2.75, 3.05) is 12.0 Å². The van der Waals surface area contributed by atoms with E-state index in [1.165, 1.54) is 17.8 Å². The SMILES string of the molecule is CS(=O)(=O)c1cccc(Sc2n[nH]c(=O)n2C2CC2)c1N. The van der Waals surface area contributed by atoms with E-state index in [0.29, 0.717) is 10.1 Å². The number of hydrogen-bond donors (Lipinski definition) is 2. The van der Waals surface area contributed by atoms with Crippen molar-refractivity contribution in [2.45, 2.75) is 33.8 Å². The number of nitrogens with one attached hydrogen (secondary N) is 1. The lowest BCUT2D eigenvalue weighted by Crippen LogP contribution is -2.16. The van der Waals surface area contributed by atoms with Gasteiger partial charge in [0.15, 0.2) is 15.0 Å². The van der Waals surface area contributed by atoms with Crippen LogP contribution >= 0.6 is 11.8 Å². The zero-order valence-corrected chi connectivity index (χ0v) is 12.9. The van der Waals surface area contributed by atoms with Crippen molar-refractivity contribution >= 4 is 27.3 Å². The second-order valence-corrected chi connectivity index (χ2v) is 7.95. The molecule has 0 unspecified atom stereocenters. The maximum absolute atomic E-state index is 11.7. The molecule has 1 fully saturated rings. The normalized spacial score (nSPS) is 15.3. The van der Waals surface area contributed by atoms with E-state index in [4.69, 9.17) is 5.73 Å². The molecule has 3 N–H and O–H groups in total. The highest BCUT2D eigenvalue weighted by atomic mass is 32.2. The summed E-state index contributed by atoms with van der Waals surface area (Å²) in [6, 6.07) is 4.98. The number of aromatic nitrogens is 3. The second kappa shape index (κ2) is 4.92. The van der Waals surface area contributed by atoms with E-state index >= 15 is 0 Å².